The van der Waals surface area contributed by atoms with Gasteiger partial charge in [-0.1, -0.05) is 24.3 Å². The zero-order valence-electron chi connectivity index (χ0n) is 18.4. The van der Waals surface area contributed by atoms with E-state index >= 15 is 0 Å². The fraction of sp³-hybridized carbons (Fsp3) is 0.296. The molecule has 0 fully saturated rings. The Hall–Kier alpha value is -3.31. The van der Waals surface area contributed by atoms with Gasteiger partial charge in [0.15, 0.2) is 0 Å². The lowest BCUT2D eigenvalue weighted by Gasteiger charge is -2.26. The number of phenolic OH excluding ortho intramolecular Hbond substituents is 1. The average Bonchev–Trinajstić information content (AvgIpc) is 3.18. The van der Waals surface area contributed by atoms with Gasteiger partial charge in [0, 0.05) is 31.1 Å². The predicted molar refractivity (Wildman–Crippen MR) is 124 cm³/mol. The van der Waals surface area contributed by atoms with Crippen molar-refractivity contribution in [1.82, 2.24) is 0 Å². The van der Waals surface area contributed by atoms with E-state index in [-0.39, 0.29) is 5.92 Å². The Labute approximate surface area is 188 Å². The van der Waals surface area contributed by atoms with Crippen molar-refractivity contribution in [2.45, 2.75) is 38.7 Å². The van der Waals surface area contributed by atoms with E-state index in [1.807, 2.05) is 24.3 Å². The van der Waals surface area contributed by atoms with Gasteiger partial charge < -0.3 is 24.5 Å². The number of rotatable bonds is 6. The molecule has 0 spiro atoms. The molecule has 0 saturated carbocycles. The number of aldehydes is 1. The summed E-state index contributed by atoms with van der Waals surface area (Å²) in [6, 6.07) is 16.1. The van der Waals surface area contributed by atoms with E-state index in [2.05, 4.69) is 31.2 Å². The molecule has 0 radical (unpaired) electrons. The monoisotopic (exact) mass is 432 g/mol. The molecule has 0 amide bonds. The second-order valence-corrected chi connectivity index (χ2v) is 8.14. The summed E-state index contributed by atoms with van der Waals surface area (Å²) in [4.78, 5) is 10.8. The van der Waals surface area contributed by atoms with Crippen LogP contribution in [0, 0.1) is 6.92 Å². The normalized spacial score (nSPS) is 15.4. The number of carbonyl (C=O) groups is 1. The number of fused-ring (bicyclic) bond motifs is 2. The maximum atomic E-state index is 10.8. The van der Waals surface area contributed by atoms with Gasteiger partial charge in [-0.2, -0.15) is 0 Å². The largest absolute Gasteiger partial charge is 0.508 e. The Balaban J connectivity index is 0.00000119. The molecule has 0 unspecified atom stereocenters. The molecule has 3 aromatic carbocycles. The van der Waals surface area contributed by atoms with Crippen LogP contribution >= 0.6 is 0 Å². The number of carbonyl (C=O) groups excluding carboxylic acids is 1. The van der Waals surface area contributed by atoms with Gasteiger partial charge in [-0.15, -0.1) is 0 Å². The summed E-state index contributed by atoms with van der Waals surface area (Å²) in [6.45, 7) is 3.07. The first-order chi connectivity index (χ1) is 15.6. The fourth-order valence-electron chi connectivity index (χ4n) is 4.58. The minimum atomic E-state index is 0.148. The van der Waals surface area contributed by atoms with Gasteiger partial charge in [0.05, 0.1) is 6.61 Å². The van der Waals surface area contributed by atoms with Crippen LogP contribution < -0.4 is 9.47 Å². The van der Waals surface area contributed by atoms with Crippen LogP contribution in [-0.4, -0.2) is 30.2 Å². The van der Waals surface area contributed by atoms with Gasteiger partial charge in [0.1, 0.15) is 30.1 Å². The fourth-order valence-corrected chi connectivity index (χ4v) is 4.58. The molecular formula is C27H28O5. The quantitative estimate of drug-likeness (QED) is 0.552. The molecule has 3 aromatic rings. The van der Waals surface area contributed by atoms with Crippen LogP contribution in [0.25, 0.3) is 11.1 Å². The molecule has 2 N–H and O–H groups in total. The predicted octanol–water partition coefficient (Wildman–Crippen LogP) is 4.72. The molecule has 5 rings (SSSR count). The number of benzene rings is 3. The molecule has 1 aliphatic heterocycles. The SMILES string of the molecule is CO.Cc1cc(O)c2c(c1-c1cccc(COc3ccc4c(c3)OC[C@H]4CC=O)c1)CC2. The second kappa shape index (κ2) is 9.45. The molecule has 2 aliphatic rings. The van der Waals surface area contributed by atoms with E-state index < -0.39 is 0 Å². The van der Waals surface area contributed by atoms with Gasteiger partial charge in [0.25, 0.3) is 0 Å². The van der Waals surface area contributed by atoms with Crippen molar-refractivity contribution in [1.29, 1.82) is 0 Å². The van der Waals surface area contributed by atoms with Crippen LogP contribution in [0.1, 0.15) is 40.2 Å². The van der Waals surface area contributed by atoms with Crippen LogP contribution in [0.5, 0.6) is 17.2 Å². The number of aliphatic hydroxyl groups excluding tert-OH is 1. The summed E-state index contributed by atoms with van der Waals surface area (Å²) < 4.78 is 11.8. The molecule has 0 aromatic heterocycles. The third-order valence-corrected chi connectivity index (χ3v) is 6.21. The van der Waals surface area contributed by atoms with Crippen molar-refractivity contribution in [2.75, 3.05) is 13.7 Å². The number of aromatic hydroxyl groups is 1. The van der Waals surface area contributed by atoms with Crippen molar-refractivity contribution < 1.29 is 24.5 Å². The number of aliphatic hydroxyl groups is 1. The number of aryl methyl sites for hydroxylation is 1. The molecule has 1 heterocycles. The highest BCUT2D eigenvalue weighted by Crippen LogP contribution is 2.42. The van der Waals surface area contributed by atoms with Crippen molar-refractivity contribution >= 4 is 6.29 Å². The van der Waals surface area contributed by atoms with Gasteiger partial charge in [0.2, 0.25) is 0 Å². The highest BCUT2D eigenvalue weighted by atomic mass is 16.5. The van der Waals surface area contributed by atoms with Crippen molar-refractivity contribution in [3.05, 3.63) is 76.3 Å². The number of hydrogen-bond acceptors (Lipinski definition) is 5. The van der Waals surface area contributed by atoms with E-state index in [0.717, 1.165) is 60.0 Å². The highest BCUT2D eigenvalue weighted by molar-refractivity contribution is 5.76. The first-order valence-electron chi connectivity index (χ1n) is 10.9. The van der Waals surface area contributed by atoms with Gasteiger partial charge >= 0.3 is 0 Å². The third-order valence-electron chi connectivity index (χ3n) is 6.21. The van der Waals surface area contributed by atoms with E-state index in [9.17, 15) is 9.90 Å². The summed E-state index contributed by atoms with van der Waals surface area (Å²) in [6.07, 6.45) is 3.40. The second-order valence-electron chi connectivity index (χ2n) is 8.14. The molecule has 1 aliphatic carbocycles. The number of hydrogen-bond donors (Lipinski definition) is 2. The standard InChI is InChI=1S/C26H24O4.CH4O/c1-16-11-24(28)22-7-8-23(22)26(16)18-4-2-3-17(12-18)14-29-20-5-6-21-19(9-10-27)15-30-25(21)13-20;1-2/h2-6,10-13,19,28H,7-9,14-15H2,1H3;2H,1H3/t19-;/m1./s1. The maximum absolute atomic E-state index is 10.8. The maximum Gasteiger partial charge on any atom is 0.126 e. The molecule has 1 atom stereocenters. The molecule has 166 valence electrons. The molecule has 5 heteroatoms. The Morgan fingerprint density at radius 2 is 1.91 bits per heavy atom. The topological polar surface area (TPSA) is 76.0 Å². The number of phenols is 1. The highest BCUT2D eigenvalue weighted by Gasteiger charge is 2.25. The molecular weight excluding hydrogens is 404 g/mol. The Morgan fingerprint density at radius 1 is 1.09 bits per heavy atom. The van der Waals surface area contributed by atoms with Crippen LogP contribution in [-0.2, 0) is 24.2 Å². The lowest BCUT2D eigenvalue weighted by Crippen LogP contribution is -2.11. The summed E-state index contributed by atoms with van der Waals surface area (Å²) in [5.41, 5.74) is 8.03. The first kappa shape index (κ1) is 21.9. The van der Waals surface area contributed by atoms with Crippen LogP contribution in [0.15, 0.2) is 48.5 Å². The summed E-state index contributed by atoms with van der Waals surface area (Å²) in [5, 5.41) is 17.1. The van der Waals surface area contributed by atoms with Crippen LogP contribution in [0.4, 0.5) is 0 Å². The van der Waals surface area contributed by atoms with Gasteiger partial charge in [-0.3, -0.25) is 0 Å². The average molecular weight is 433 g/mol. The zero-order chi connectivity index (χ0) is 22.7. The van der Waals surface area contributed by atoms with Gasteiger partial charge in [-0.05, 0) is 71.3 Å². The van der Waals surface area contributed by atoms with Crippen LogP contribution in [0.2, 0.25) is 0 Å². The van der Waals surface area contributed by atoms with E-state index in [0.29, 0.717) is 25.4 Å². The minimum absolute atomic E-state index is 0.148. The van der Waals surface area contributed by atoms with E-state index in [1.54, 1.807) is 0 Å². The summed E-state index contributed by atoms with van der Waals surface area (Å²) in [7, 11) is 1.00. The summed E-state index contributed by atoms with van der Waals surface area (Å²) in [5.74, 6) is 2.14. The van der Waals surface area contributed by atoms with E-state index in [1.165, 1.54) is 16.7 Å². The Kier molecular flexibility index (Phi) is 6.47. The van der Waals surface area contributed by atoms with Gasteiger partial charge in [-0.25, -0.2) is 0 Å². The molecule has 0 saturated heterocycles. The van der Waals surface area contributed by atoms with Crippen LogP contribution in [0.3, 0.4) is 0 Å². The molecule has 0 bridgehead atoms. The smallest absolute Gasteiger partial charge is 0.126 e. The Morgan fingerprint density at radius 3 is 2.66 bits per heavy atom. The lowest BCUT2D eigenvalue weighted by atomic mass is 9.79. The third kappa shape index (κ3) is 4.08. The van der Waals surface area contributed by atoms with Crippen molar-refractivity contribution in [2.24, 2.45) is 0 Å². The van der Waals surface area contributed by atoms with Crippen molar-refractivity contribution in [3.63, 3.8) is 0 Å². The van der Waals surface area contributed by atoms with Crippen molar-refractivity contribution in [3.8, 4) is 28.4 Å². The number of ether oxygens (including phenoxy) is 2. The molecule has 32 heavy (non-hydrogen) atoms. The zero-order valence-corrected chi connectivity index (χ0v) is 18.4. The minimum Gasteiger partial charge on any atom is -0.508 e. The Bertz CT molecular complexity index is 1140. The summed E-state index contributed by atoms with van der Waals surface area (Å²) >= 11 is 0. The first-order valence-corrected chi connectivity index (χ1v) is 10.9. The lowest BCUT2D eigenvalue weighted by molar-refractivity contribution is -0.108. The molecule has 5 nitrogen and oxygen atoms in total. The van der Waals surface area contributed by atoms with E-state index in [4.69, 9.17) is 14.6 Å².